The van der Waals surface area contributed by atoms with Crippen LogP contribution in [-0.4, -0.2) is 39.0 Å². The Morgan fingerprint density at radius 1 is 0.212 bits per heavy atom. The standard InChI is InChI=1S/C108H74N10/c1-107(2)87-47-23-25-49-91(87)115(95-65-90-96(66-89(95)107)117(92-50-26-24-48-88(92)108(90,3)4)105-111-101(71-34-11-6-12-35-71)109-102(112-105)72-36-13-7-14-37-72)82-63-79(67-29-9-5-10-30-67)61-80(64-82)76-43-27-41-74(59-76)75-42-28-44-78(60-75)104-110-103(73-38-15-8-16-39-73)113-106(114-104)118-94-58-53-70-33-20-22-46-84(70)98(94)86-56-55-85-97-83-45-21-19-32-69(83)52-57-93(97)116(99(85)100(86)118)81-54-51-68-31-17-18-40-77(68)62-81/h5-66H,1-4H3. The van der Waals surface area contributed by atoms with Crippen molar-refractivity contribution in [2.45, 2.75) is 38.5 Å². The summed E-state index contributed by atoms with van der Waals surface area (Å²) in [6.45, 7) is 9.47. The number of rotatable bonds is 11. The minimum atomic E-state index is -0.471. The first-order valence-corrected chi connectivity index (χ1v) is 40.4. The fraction of sp³-hybridized carbons (Fsp3) is 0.0556. The van der Waals surface area contributed by atoms with Gasteiger partial charge in [0.15, 0.2) is 23.3 Å². The molecule has 6 heterocycles. The average Bonchev–Trinajstić information content (AvgIpc) is 1.20. The average molecular weight is 1510 g/mol. The van der Waals surface area contributed by atoms with E-state index in [0.717, 1.165) is 144 Å². The zero-order chi connectivity index (χ0) is 78.5. The second-order valence-corrected chi connectivity index (χ2v) is 32.2. The van der Waals surface area contributed by atoms with Crippen LogP contribution >= 0.6 is 0 Å². The molecule has 0 atom stereocenters. The molecule has 10 heteroatoms. The Hall–Kier alpha value is -15.3. The monoisotopic (exact) mass is 1510 g/mol. The molecule has 0 bridgehead atoms. The van der Waals surface area contributed by atoms with Crippen molar-refractivity contribution in [1.82, 2.24) is 39.0 Å². The molecular weight excluding hydrogens is 1440 g/mol. The predicted octanol–water partition coefficient (Wildman–Crippen LogP) is 27.6. The van der Waals surface area contributed by atoms with Crippen LogP contribution in [0.3, 0.4) is 0 Å². The third-order valence-electron chi connectivity index (χ3n) is 24.7. The predicted molar refractivity (Wildman–Crippen MR) is 486 cm³/mol. The van der Waals surface area contributed by atoms with Gasteiger partial charge in [-0.25, -0.2) is 9.97 Å². The Morgan fingerprint density at radius 2 is 0.593 bits per heavy atom. The van der Waals surface area contributed by atoms with Gasteiger partial charge in [0.05, 0.1) is 44.8 Å². The van der Waals surface area contributed by atoms with Crippen molar-refractivity contribution < 1.29 is 0 Å². The van der Waals surface area contributed by atoms with Gasteiger partial charge in [-0.3, -0.25) is 9.47 Å². The Balaban J connectivity index is 0.692. The summed E-state index contributed by atoms with van der Waals surface area (Å²) in [6.07, 6.45) is 0. The molecule has 0 saturated heterocycles. The lowest BCUT2D eigenvalue weighted by Crippen LogP contribution is -2.35. The van der Waals surface area contributed by atoms with Crippen molar-refractivity contribution in [3.8, 4) is 90.6 Å². The third-order valence-corrected chi connectivity index (χ3v) is 24.7. The molecule has 0 saturated carbocycles. The maximum Gasteiger partial charge on any atom is 0.238 e. The number of fused-ring (bicyclic) bond motifs is 16. The molecule has 0 spiro atoms. The van der Waals surface area contributed by atoms with E-state index in [9.17, 15) is 0 Å². The molecule has 0 aliphatic carbocycles. The number of anilines is 6. The van der Waals surface area contributed by atoms with Gasteiger partial charge < -0.3 is 9.47 Å². The van der Waals surface area contributed by atoms with Crippen LogP contribution in [0.2, 0.25) is 0 Å². The lowest BCUT2D eigenvalue weighted by atomic mass is 9.69. The summed E-state index contributed by atoms with van der Waals surface area (Å²) < 4.78 is 4.81. The summed E-state index contributed by atoms with van der Waals surface area (Å²) in [5.74, 6) is 3.39. The highest BCUT2D eigenvalue weighted by atomic mass is 15.3. The first-order chi connectivity index (χ1) is 58.0. The second-order valence-electron chi connectivity index (χ2n) is 32.2. The Kier molecular flexibility index (Phi) is 15.5. The molecule has 0 unspecified atom stereocenters. The van der Waals surface area contributed by atoms with Crippen LogP contribution < -0.4 is 9.80 Å². The highest BCUT2D eigenvalue weighted by Gasteiger charge is 2.44. The first-order valence-electron chi connectivity index (χ1n) is 40.4. The maximum atomic E-state index is 5.74. The van der Waals surface area contributed by atoms with Gasteiger partial charge in [-0.1, -0.05) is 325 Å². The highest BCUT2D eigenvalue weighted by Crippen LogP contribution is 2.60. The topological polar surface area (TPSA) is 93.7 Å². The van der Waals surface area contributed by atoms with Crippen molar-refractivity contribution in [1.29, 1.82) is 0 Å². The lowest BCUT2D eigenvalue weighted by molar-refractivity contribution is 0.614. The van der Waals surface area contributed by atoms with Gasteiger partial charge in [-0.15, -0.1) is 0 Å². The summed E-state index contributed by atoms with van der Waals surface area (Å²) in [6, 6.07) is 136. The number of para-hydroxylation sites is 2. The van der Waals surface area contributed by atoms with Crippen LogP contribution in [0, 0.1) is 0 Å². The first kappa shape index (κ1) is 68.3. The number of nitrogens with zero attached hydrogens (tertiary/aromatic N) is 10. The van der Waals surface area contributed by atoms with Gasteiger partial charge in [-0.2, -0.15) is 19.9 Å². The molecule has 0 fully saturated rings. The van der Waals surface area contributed by atoms with E-state index < -0.39 is 10.8 Å². The smallest absolute Gasteiger partial charge is 0.238 e. The van der Waals surface area contributed by atoms with Crippen LogP contribution in [0.15, 0.2) is 376 Å². The van der Waals surface area contributed by atoms with Crippen LogP contribution in [-0.2, 0) is 10.8 Å². The molecule has 10 nitrogen and oxygen atoms in total. The molecule has 118 heavy (non-hydrogen) atoms. The van der Waals surface area contributed by atoms with Crippen molar-refractivity contribution in [3.05, 3.63) is 398 Å². The summed E-state index contributed by atoms with van der Waals surface area (Å²) in [7, 11) is 0. The number of hydrogen-bond donors (Lipinski definition) is 0. The van der Waals surface area contributed by atoms with E-state index in [0.29, 0.717) is 35.2 Å². The fourth-order valence-corrected chi connectivity index (χ4v) is 18.9. The number of benzene rings is 17. The molecule has 0 N–H and O–H groups in total. The van der Waals surface area contributed by atoms with Crippen LogP contribution in [0.4, 0.5) is 34.4 Å². The van der Waals surface area contributed by atoms with Gasteiger partial charge in [0.2, 0.25) is 11.9 Å². The largest absolute Gasteiger partial charge is 0.310 e. The fourth-order valence-electron chi connectivity index (χ4n) is 18.9. The molecule has 23 rings (SSSR count). The Bertz CT molecular complexity index is 7640. The highest BCUT2D eigenvalue weighted by molar-refractivity contribution is 6.31. The van der Waals surface area contributed by atoms with Gasteiger partial charge in [0, 0.05) is 66.0 Å². The van der Waals surface area contributed by atoms with E-state index in [2.05, 4.69) is 380 Å². The summed E-state index contributed by atoms with van der Waals surface area (Å²) in [5.41, 5.74) is 24.3. The molecule has 4 aromatic heterocycles. The second kappa shape index (κ2) is 26.7. The molecule has 2 aliphatic rings. The van der Waals surface area contributed by atoms with Crippen molar-refractivity contribution in [2.75, 3.05) is 9.80 Å². The van der Waals surface area contributed by atoms with Crippen LogP contribution in [0.1, 0.15) is 49.9 Å². The van der Waals surface area contributed by atoms with Gasteiger partial charge in [0.1, 0.15) is 0 Å². The van der Waals surface area contributed by atoms with Crippen molar-refractivity contribution in [3.63, 3.8) is 0 Å². The van der Waals surface area contributed by atoms with Crippen LogP contribution in [0.25, 0.3) is 166 Å². The van der Waals surface area contributed by atoms with E-state index in [1.807, 2.05) is 42.5 Å². The molecule has 0 radical (unpaired) electrons. The molecule has 17 aromatic carbocycles. The molecule has 21 aromatic rings. The number of aromatic nitrogens is 8. The third kappa shape index (κ3) is 10.9. The normalized spacial score (nSPS) is 13.4. The maximum absolute atomic E-state index is 5.74. The van der Waals surface area contributed by atoms with E-state index in [-0.39, 0.29) is 0 Å². The Labute approximate surface area is 682 Å². The summed E-state index contributed by atoms with van der Waals surface area (Å²) in [5, 5.41) is 11.6. The van der Waals surface area contributed by atoms with E-state index in [4.69, 9.17) is 29.9 Å². The molecule has 0 amide bonds. The quantitative estimate of drug-likeness (QED) is 0.126. The zero-order valence-electron chi connectivity index (χ0n) is 65.3. The minimum Gasteiger partial charge on any atom is -0.310 e. The van der Waals surface area contributed by atoms with Crippen molar-refractivity contribution >= 4 is 110 Å². The SMILES string of the molecule is CC1(C)c2ccccc2N(c2cc(-c3ccccc3)cc(-c3cccc(-c4cccc(-c5nc(-c6ccccc6)nc(-n6c7ccc8ccccc8c7c7ccc8c9c%10ccccc%10ccc9n(-c9ccc%10ccccc%10c9)c8c76)n5)c4)c3)c2)c2cc3c(cc21)N(c1nc(-c2ccccc2)nc(-c2ccccc2)n1)c1ccccc1C3(C)C. The number of hydrogen-bond acceptors (Lipinski definition) is 8. The summed E-state index contributed by atoms with van der Waals surface area (Å²) >= 11 is 0. The van der Waals surface area contributed by atoms with Crippen LogP contribution in [0.5, 0.6) is 0 Å². The summed E-state index contributed by atoms with van der Waals surface area (Å²) in [4.78, 5) is 37.7. The van der Waals surface area contributed by atoms with Gasteiger partial charge in [0.25, 0.3) is 0 Å². The molecule has 556 valence electrons. The van der Waals surface area contributed by atoms with Gasteiger partial charge >= 0.3 is 0 Å². The lowest BCUT2D eigenvalue weighted by Gasteiger charge is -2.46. The zero-order valence-corrected chi connectivity index (χ0v) is 65.3. The van der Waals surface area contributed by atoms with E-state index >= 15 is 0 Å². The van der Waals surface area contributed by atoms with E-state index in [1.54, 1.807) is 0 Å². The molecule has 2 aliphatic heterocycles. The molecular formula is C108H74N10. The van der Waals surface area contributed by atoms with Gasteiger partial charge in [-0.05, 0) is 167 Å². The van der Waals surface area contributed by atoms with Crippen molar-refractivity contribution in [2.24, 2.45) is 0 Å². The van der Waals surface area contributed by atoms with E-state index in [1.165, 1.54) is 43.6 Å². The Morgan fingerprint density at radius 3 is 1.14 bits per heavy atom. The minimum absolute atomic E-state index is 0.465.